The Kier molecular flexibility index (Phi) is 8.58. The van der Waals surface area contributed by atoms with Gasteiger partial charge in [0.05, 0.1) is 6.04 Å². The molecule has 2 N–H and O–H groups in total. The summed E-state index contributed by atoms with van der Waals surface area (Å²) in [7, 11) is 4.04. The fraction of sp³-hybridized carbons (Fsp3) is 0.667. The van der Waals surface area contributed by atoms with E-state index in [1.54, 1.807) is 11.3 Å². The van der Waals surface area contributed by atoms with Crippen LogP contribution in [0.2, 0.25) is 0 Å². The van der Waals surface area contributed by atoms with Crippen molar-refractivity contribution in [3.63, 3.8) is 0 Å². The monoisotopic (exact) mass is 422 g/mol. The third kappa shape index (κ3) is 6.12. The van der Waals surface area contributed by atoms with Gasteiger partial charge in [-0.3, -0.25) is 4.99 Å². The third-order valence-corrected chi connectivity index (χ3v) is 4.88. The van der Waals surface area contributed by atoms with Crippen LogP contribution in [0, 0.1) is 5.92 Å². The maximum Gasteiger partial charge on any atom is 0.191 e. The molecule has 1 aromatic rings. The fourth-order valence-electron chi connectivity index (χ4n) is 2.69. The molecule has 2 unspecified atom stereocenters. The molecule has 1 fully saturated rings. The van der Waals surface area contributed by atoms with Crippen LogP contribution in [0.1, 0.15) is 30.7 Å². The van der Waals surface area contributed by atoms with Crippen molar-refractivity contribution in [1.29, 1.82) is 0 Å². The molecule has 0 amide bonds. The van der Waals surface area contributed by atoms with Crippen molar-refractivity contribution in [3.05, 3.63) is 22.4 Å². The lowest BCUT2D eigenvalue weighted by Gasteiger charge is -2.30. The lowest BCUT2D eigenvalue weighted by atomic mass is 9.99. The van der Waals surface area contributed by atoms with Crippen molar-refractivity contribution in [1.82, 2.24) is 15.5 Å². The normalized spacial score (nSPS) is 21.5. The predicted molar refractivity (Wildman–Crippen MR) is 103 cm³/mol. The number of aliphatic imine (C=N–C) groups is 1. The topological polar surface area (TPSA) is 39.7 Å². The van der Waals surface area contributed by atoms with Crippen molar-refractivity contribution < 1.29 is 0 Å². The highest BCUT2D eigenvalue weighted by Crippen LogP contribution is 2.18. The number of piperidine rings is 1. The third-order valence-electron chi connectivity index (χ3n) is 3.83. The number of halogens is 1. The minimum absolute atomic E-state index is 0. The van der Waals surface area contributed by atoms with Gasteiger partial charge in [-0.15, -0.1) is 35.3 Å². The van der Waals surface area contributed by atoms with E-state index >= 15 is 0 Å². The quantitative estimate of drug-likeness (QED) is 0.445. The van der Waals surface area contributed by atoms with Gasteiger partial charge in [-0.25, -0.2) is 0 Å². The molecule has 6 heteroatoms. The number of thiophene rings is 1. The summed E-state index contributed by atoms with van der Waals surface area (Å²) in [4.78, 5) is 8.08. The van der Waals surface area contributed by atoms with E-state index in [2.05, 4.69) is 52.0 Å². The lowest BCUT2D eigenvalue weighted by Crippen LogP contribution is -2.44. The Balaban J connectivity index is 0.00000220. The largest absolute Gasteiger partial charge is 0.356 e. The standard InChI is InChI=1S/C15H26N4S.HI/c1-12(14-7-5-9-20-14)18-15(16-2)17-10-13-6-4-8-19(3)11-13;/h5,7,9,12-13H,4,6,8,10-11H2,1-3H3,(H2,16,17,18);1H. The first-order valence-corrected chi connectivity index (χ1v) is 8.26. The van der Waals surface area contributed by atoms with E-state index in [4.69, 9.17) is 0 Å². The highest BCUT2D eigenvalue weighted by atomic mass is 127. The molecule has 21 heavy (non-hydrogen) atoms. The van der Waals surface area contributed by atoms with Crippen LogP contribution < -0.4 is 10.6 Å². The second-order valence-corrected chi connectivity index (χ2v) is 6.58. The molecule has 2 atom stereocenters. The Hall–Kier alpha value is -0.340. The summed E-state index contributed by atoms with van der Waals surface area (Å²) in [6.45, 7) is 5.59. The molecule has 1 aromatic heterocycles. The molecule has 0 aromatic carbocycles. The highest BCUT2D eigenvalue weighted by molar-refractivity contribution is 14.0. The van der Waals surface area contributed by atoms with E-state index in [0.29, 0.717) is 6.04 Å². The minimum atomic E-state index is 0. The molecule has 4 nitrogen and oxygen atoms in total. The number of guanidine groups is 1. The minimum Gasteiger partial charge on any atom is -0.356 e. The molecule has 120 valence electrons. The molecule has 0 aliphatic carbocycles. The molecule has 1 saturated heterocycles. The summed E-state index contributed by atoms with van der Waals surface area (Å²) in [6, 6.07) is 4.55. The lowest BCUT2D eigenvalue weighted by molar-refractivity contribution is 0.210. The summed E-state index contributed by atoms with van der Waals surface area (Å²) in [6.07, 6.45) is 2.62. The maximum absolute atomic E-state index is 4.33. The van der Waals surface area contributed by atoms with Crippen molar-refractivity contribution in [2.75, 3.05) is 33.7 Å². The first-order chi connectivity index (χ1) is 9.69. The van der Waals surface area contributed by atoms with Crippen molar-refractivity contribution in [2.45, 2.75) is 25.8 Å². The van der Waals surface area contributed by atoms with Crippen molar-refractivity contribution >= 4 is 41.3 Å². The summed E-state index contributed by atoms with van der Waals surface area (Å²) < 4.78 is 0. The number of hydrogen-bond acceptors (Lipinski definition) is 3. The number of nitrogens with one attached hydrogen (secondary N) is 2. The zero-order chi connectivity index (χ0) is 14.4. The second-order valence-electron chi connectivity index (χ2n) is 5.61. The smallest absolute Gasteiger partial charge is 0.191 e. The van der Waals surface area contributed by atoms with Crippen LogP contribution in [0.25, 0.3) is 0 Å². The summed E-state index contributed by atoms with van der Waals surface area (Å²) >= 11 is 1.78. The number of hydrogen-bond donors (Lipinski definition) is 2. The number of likely N-dealkylation sites (tertiary alicyclic amines) is 1. The van der Waals surface area contributed by atoms with Crippen molar-refractivity contribution in [3.8, 4) is 0 Å². The van der Waals surface area contributed by atoms with Gasteiger partial charge in [0, 0.05) is 25.0 Å². The van der Waals surface area contributed by atoms with Gasteiger partial charge in [-0.1, -0.05) is 6.07 Å². The van der Waals surface area contributed by atoms with E-state index in [0.717, 1.165) is 18.4 Å². The Labute approximate surface area is 149 Å². The zero-order valence-electron chi connectivity index (χ0n) is 13.1. The van der Waals surface area contributed by atoms with Gasteiger partial charge in [0.25, 0.3) is 0 Å². The van der Waals surface area contributed by atoms with Gasteiger partial charge >= 0.3 is 0 Å². The summed E-state index contributed by atoms with van der Waals surface area (Å²) in [5.41, 5.74) is 0. The van der Waals surface area contributed by atoms with E-state index < -0.39 is 0 Å². The van der Waals surface area contributed by atoms with E-state index in [1.165, 1.54) is 30.8 Å². The van der Waals surface area contributed by atoms with Crippen LogP contribution in [-0.2, 0) is 0 Å². The Morgan fingerprint density at radius 2 is 2.38 bits per heavy atom. The van der Waals surface area contributed by atoms with Crippen LogP contribution in [-0.4, -0.2) is 44.6 Å². The Morgan fingerprint density at radius 1 is 1.57 bits per heavy atom. The summed E-state index contributed by atoms with van der Waals surface area (Å²) in [5, 5.41) is 9.04. The first-order valence-electron chi connectivity index (χ1n) is 7.38. The van der Waals surface area contributed by atoms with Gasteiger partial charge in [0.15, 0.2) is 5.96 Å². The Bertz CT molecular complexity index is 421. The van der Waals surface area contributed by atoms with Crippen molar-refractivity contribution in [2.24, 2.45) is 10.9 Å². The average Bonchev–Trinajstić information content (AvgIpc) is 2.97. The summed E-state index contributed by atoms with van der Waals surface area (Å²) in [5.74, 6) is 1.63. The number of rotatable bonds is 4. The van der Waals surface area contributed by atoms with Crippen LogP contribution in [0.15, 0.2) is 22.5 Å². The zero-order valence-corrected chi connectivity index (χ0v) is 16.3. The van der Waals surface area contributed by atoms with E-state index in [1.807, 2.05) is 7.05 Å². The van der Waals surface area contributed by atoms with Crippen LogP contribution in [0.4, 0.5) is 0 Å². The number of nitrogens with zero attached hydrogens (tertiary/aromatic N) is 2. The van der Waals surface area contributed by atoms with Gasteiger partial charge in [0.1, 0.15) is 0 Å². The molecule has 0 spiro atoms. The Morgan fingerprint density at radius 3 is 3.00 bits per heavy atom. The van der Waals surface area contributed by atoms with E-state index in [-0.39, 0.29) is 24.0 Å². The molecule has 2 heterocycles. The van der Waals surface area contributed by atoms with Gasteiger partial charge in [-0.05, 0) is 50.7 Å². The van der Waals surface area contributed by atoms with Crippen LogP contribution in [0.3, 0.4) is 0 Å². The highest BCUT2D eigenvalue weighted by Gasteiger charge is 2.17. The second kappa shape index (κ2) is 9.63. The van der Waals surface area contributed by atoms with E-state index in [9.17, 15) is 0 Å². The maximum atomic E-state index is 4.33. The average molecular weight is 422 g/mol. The molecule has 0 saturated carbocycles. The molecule has 0 bridgehead atoms. The molecule has 2 rings (SSSR count). The fourth-order valence-corrected chi connectivity index (χ4v) is 3.42. The molecular formula is C15H27IN4S. The molecule has 1 aliphatic heterocycles. The van der Waals surface area contributed by atoms with Crippen LogP contribution >= 0.6 is 35.3 Å². The SMILES string of the molecule is CN=C(NCC1CCCN(C)C1)NC(C)c1cccs1.I. The predicted octanol–water partition coefficient (Wildman–Crippen LogP) is 2.93. The van der Waals surface area contributed by atoms with Gasteiger partial charge in [-0.2, -0.15) is 0 Å². The molecule has 1 aliphatic rings. The van der Waals surface area contributed by atoms with Gasteiger partial charge in [0.2, 0.25) is 0 Å². The van der Waals surface area contributed by atoms with Crippen LogP contribution in [0.5, 0.6) is 0 Å². The molecule has 0 radical (unpaired) electrons. The first kappa shape index (κ1) is 18.7. The van der Waals surface area contributed by atoms with Gasteiger partial charge < -0.3 is 15.5 Å². The molecular weight excluding hydrogens is 395 g/mol.